The molecule has 0 spiro atoms. The molecule has 0 saturated carbocycles. The lowest BCUT2D eigenvalue weighted by Crippen LogP contribution is -2.36. The maximum Gasteiger partial charge on any atom is 0.319 e. The predicted octanol–water partition coefficient (Wildman–Crippen LogP) is 2.71. The number of hydrogen-bond donors (Lipinski definition) is 3. The van der Waals surface area contributed by atoms with Gasteiger partial charge in [-0.3, -0.25) is 0 Å². The molecule has 2 aromatic carbocycles. The third-order valence-electron chi connectivity index (χ3n) is 4.63. The first-order valence-electron chi connectivity index (χ1n) is 8.57. The van der Waals surface area contributed by atoms with Crippen LogP contribution in [0.25, 0.3) is 0 Å². The molecular weight excluding hydrogens is 328 g/mol. The summed E-state index contributed by atoms with van der Waals surface area (Å²) in [7, 11) is 0. The molecule has 0 unspecified atom stereocenters. The highest BCUT2D eigenvalue weighted by atomic mass is 16.3. The van der Waals surface area contributed by atoms with Crippen LogP contribution < -0.4 is 10.6 Å². The highest BCUT2D eigenvalue weighted by Gasteiger charge is 2.31. The fourth-order valence-corrected chi connectivity index (χ4v) is 3.34. The number of nitrogens with one attached hydrogen (secondary N) is 2. The second-order valence-electron chi connectivity index (χ2n) is 6.48. The van der Waals surface area contributed by atoms with Crippen LogP contribution >= 0.6 is 0 Å². The van der Waals surface area contributed by atoms with Crippen LogP contribution in [0.3, 0.4) is 0 Å². The van der Waals surface area contributed by atoms with Crippen molar-refractivity contribution in [1.82, 2.24) is 14.9 Å². The van der Waals surface area contributed by atoms with Gasteiger partial charge in [-0.1, -0.05) is 36.4 Å². The van der Waals surface area contributed by atoms with Crippen LogP contribution in [-0.2, 0) is 13.0 Å². The number of hydrogen-bond acceptors (Lipinski definition) is 3. The topological polar surface area (TPSA) is 79.2 Å². The number of aliphatic hydroxyl groups is 1. The van der Waals surface area contributed by atoms with Gasteiger partial charge in [0.15, 0.2) is 0 Å². The first kappa shape index (κ1) is 16.4. The molecule has 2 amide bonds. The average Bonchev–Trinajstić information content (AvgIpc) is 3.25. The Labute approximate surface area is 151 Å². The van der Waals surface area contributed by atoms with E-state index in [1.54, 1.807) is 12.5 Å². The van der Waals surface area contributed by atoms with E-state index in [0.717, 1.165) is 23.2 Å². The molecule has 3 N–H and O–H groups in total. The van der Waals surface area contributed by atoms with E-state index in [1.807, 2.05) is 59.3 Å². The molecule has 2 atom stereocenters. The average molecular weight is 348 g/mol. The highest BCUT2D eigenvalue weighted by Crippen LogP contribution is 2.31. The van der Waals surface area contributed by atoms with Crippen molar-refractivity contribution >= 4 is 11.7 Å². The van der Waals surface area contributed by atoms with Gasteiger partial charge in [-0.2, -0.15) is 0 Å². The van der Waals surface area contributed by atoms with E-state index >= 15 is 0 Å². The molecule has 26 heavy (non-hydrogen) atoms. The quantitative estimate of drug-likeness (QED) is 0.678. The predicted molar refractivity (Wildman–Crippen MR) is 98.8 cm³/mol. The van der Waals surface area contributed by atoms with Gasteiger partial charge in [0.2, 0.25) is 0 Å². The Hall–Kier alpha value is -3.12. The molecule has 0 aliphatic heterocycles. The fourth-order valence-electron chi connectivity index (χ4n) is 3.34. The molecule has 0 fully saturated rings. The van der Waals surface area contributed by atoms with E-state index < -0.39 is 6.10 Å². The zero-order valence-electron chi connectivity index (χ0n) is 14.2. The van der Waals surface area contributed by atoms with Crippen LogP contribution in [0.1, 0.15) is 22.7 Å². The van der Waals surface area contributed by atoms with Crippen LogP contribution in [-0.4, -0.2) is 26.8 Å². The number of carbonyl (C=O) groups is 1. The number of benzene rings is 2. The van der Waals surface area contributed by atoms with Gasteiger partial charge in [0, 0.05) is 31.0 Å². The SMILES string of the molecule is O=C(Nc1ccc(Cn2ccnc2)cc1)N[C@H]1c2ccccc2C[C@@H]1O. The van der Waals surface area contributed by atoms with Crippen molar-refractivity contribution in [2.24, 2.45) is 0 Å². The third kappa shape index (κ3) is 3.45. The molecule has 3 aromatic rings. The number of fused-ring (bicyclic) bond motifs is 1. The van der Waals surface area contributed by atoms with Crippen molar-refractivity contribution in [1.29, 1.82) is 0 Å². The summed E-state index contributed by atoms with van der Waals surface area (Å²) in [4.78, 5) is 16.3. The van der Waals surface area contributed by atoms with Crippen molar-refractivity contribution in [3.8, 4) is 0 Å². The standard InChI is InChI=1S/C20H20N4O2/c25-18-11-15-3-1-2-4-17(15)19(18)23-20(26)22-16-7-5-14(6-8-16)12-24-10-9-21-13-24/h1-10,13,18-19,25H,11-12H2,(H2,22,23,26)/t18-,19-/m0/s1. The van der Waals surface area contributed by atoms with E-state index in [0.29, 0.717) is 12.1 Å². The maximum absolute atomic E-state index is 12.3. The van der Waals surface area contributed by atoms with E-state index in [2.05, 4.69) is 15.6 Å². The van der Waals surface area contributed by atoms with Crippen LogP contribution in [0.2, 0.25) is 0 Å². The van der Waals surface area contributed by atoms with Gasteiger partial charge in [0.25, 0.3) is 0 Å². The van der Waals surface area contributed by atoms with Gasteiger partial charge >= 0.3 is 6.03 Å². The summed E-state index contributed by atoms with van der Waals surface area (Å²) >= 11 is 0. The van der Waals surface area contributed by atoms with Crippen molar-refractivity contribution in [3.63, 3.8) is 0 Å². The van der Waals surface area contributed by atoms with Gasteiger partial charge in [-0.05, 0) is 28.8 Å². The number of imidazole rings is 1. The molecular formula is C20H20N4O2. The lowest BCUT2D eigenvalue weighted by Gasteiger charge is -2.18. The Bertz CT molecular complexity index is 890. The number of anilines is 1. The number of aromatic nitrogens is 2. The summed E-state index contributed by atoms with van der Waals surface area (Å²) < 4.78 is 1.98. The molecule has 6 nitrogen and oxygen atoms in total. The van der Waals surface area contributed by atoms with Gasteiger partial charge in [-0.15, -0.1) is 0 Å². The monoisotopic (exact) mass is 348 g/mol. The molecule has 0 bridgehead atoms. The summed E-state index contributed by atoms with van der Waals surface area (Å²) in [6.07, 6.45) is 5.38. The van der Waals surface area contributed by atoms with E-state index in [-0.39, 0.29) is 12.1 Å². The molecule has 1 aliphatic carbocycles. The van der Waals surface area contributed by atoms with Crippen molar-refractivity contribution < 1.29 is 9.90 Å². The molecule has 1 heterocycles. The molecule has 132 valence electrons. The molecule has 1 aromatic heterocycles. The largest absolute Gasteiger partial charge is 0.390 e. The minimum absolute atomic E-state index is 0.326. The summed E-state index contributed by atoms with van der Waals surface area (Å²) in [5.74, 6) is 0. The molecule has 0 radical (unpaired) electrons. The lowest BCUT2D eigenvalue weighted by molar-refractivity contribution is 0.144. The first-order chi connectivity index (χ1) is 12.7. The van der Waals surface area contributed by atoms with Gasteiger partial charge < -0.3 is 20.3 Å². The maximum atomic E-state index is 12.3. The van der Waals surface area contributed by atoms with E-state index in [4.69, 9.17) is 0 Å². The number of aliphatic hydroxyl groups excluding tert-OH is 1. The van der Waals surface area contributed by atoms with Gasteiger partial charge in [0.05, 0.1) is 18.5 Å². The van der Waals surface area contributed by atoms with Gasteiger partial charge in [0.1, 0.15) is 0 Å². The minimum atomic E-state index is -0.601. The molecule has 1 aliphatic rings. The molecule has 6 heteroatoms. The van der Waals surface area contributed by atoms with E-state index in [9.17, 15) is 9.90 Å². The fraction of sp³-hybridized carbons (Fsp3) is 0.200. The highest BCUT2D eigenvalue weighted by molar-refractivity contribution is 5.89. The Kier molecular flexibility index (Phi) is 4.41. The van der Waals surface area contributed by atoms with Crippen molar-refractivity contribution in [2.45, 2.75) is 25.1 Å². The number of carbonyl (C=O) groups excluding carboxylic acids is 1. The normalized spacial score (nSPS) is 18.3. The number of urea groups is 1. The van der Waals surface area contributed by atoms with E-state index in [1.165, 1.54) is 0 Å². The summed E-state index contributed by atoms with van der Waals surface area (Å²) in [5.41, 5.74) is 3.88. The summed E-state index contributed by atoms with van der Waals surface area (Å²) in [5, 5.41) is 15.9. The minimum Gasteiger partial charge on any atom is -0.390 e. The number of rotatable bonds is 4. The van der Waals surface area contributed by atoms with Crippen LogP contribution in [0, 0.1) is 0 Å². The summed E-state index contributed by atoms with van der Waals surface area (Å²) in [6.45, 7) is 0.734. The van der Waals surface area contributed by atoms with Crippen LogP contribution in [0.4, 0.5) is 10.5 Å². The second-order valence-corrected chi connectivity index (χ2v) is 6.48. The van der Waals surface area contributed by atoms with Crippen molar-refractivity contribution in [3.05, 3.63) is 83.9 Å². The van der Waals surface area contributed by atoms with Crippen molar-refractivity contribution in [2.75, 3.05) is 5.32 Å². The summed E-state index contributed by atoms with van der Waals surface area (Å²) in [6, 6.07) is 14.8. The third-order valence-corrected chi connectivity index (χ3v) is 4.63. The second kappa shape index (κ2) is 7.01. The Morgan fingerprint density at radius 2 is 2.00 bits per heavy atom. The first-order valence-corrected chi connectivity index (χ1v) is 8.57. The zero-order valence-corrected chi connectivity index (χ0v) is 14.2. The van der Waals surface area contributed by atoms with Crippen LogP contribution in [0.5, 0.6) is 0 Å². The Morgan fingerprint density at radius 1 is 1.19 bits per heavy atom. The zero-order chi connectivity index (χ0) is 17.9. The smallest absolute Gasteiger partial charge is 0.319 e. The molecule has 4 rings (SSSR count). The number of amides is 2. The number of nitrogens with zero attached hydrogens (tertiary/aromatic N) is 2. The molecule has 0 saturated heterocycles. The Morgan fingerprint density at radius 3 is 2.77 bits per heavy atom. The Balaban J connectivity index is 1.38. The van der Waals surface area contributed by atoms with Crippen LogP contribution in [0.15, 0.2) is 67.3 Å². The van der Waals surface area contributed by atoms with Gasteiger partial charge in [-0.25, -0.2) is 9.78 Å². The lowest BCUT2D eigenvalue weighted by atomic mass is 10.1.